The molecule has 0 radical (unpaired) electrons. The van der Waals surface area contributed by atoms with E-state index in [1.165, 1.54) is 4.90 Å². The van der Waals surface area contributed by atoms with Crippen LogP contribution in [0.5, 0.6) is 11.5 Å². The van der Waals surface area contributed by atoms with Gasteiger partial charge in [0.1, 0.15) is 11.5 Å². The van der Waals surface area contributed by atoms with Gasteiger partial charge in [0.05, 0.1) is 0 Å². The highest BCUT2D eigenvalue weighted by molar-refractivity contribution is 7.98. The van der Waals surface area contributed by atoms with Crippen LogP contribution in [0, 0.1) is 0 Å². The molecule has 0 aromatic heterocycles. The predicted molar refractivity (Wildman–Crippen MR) is 108 cm³/mol. The van der Waals surface area contributed by atoms with Crippen molar-refractivity contribution in [2.24, 2.45) is 0 Å². The smallest absolute Gasteiger partial charge is 0.234 e. The van der Waals surface area contributed by atoms with Gasteiger partial charge in [0.2, 0.25) is 5.91 Å². The number of ether oxygens (including phenoxy) is 1. The number of carbonyl (C=O) groups excluding carboxylic acids is 1. The Labute approximate surface area is 160 Å². The molecule has 0 bridgehead atoms. The molecule has 2 aromatic carbocycles. The highest BCUT2D eigenvalue weighted by Crippen LogP contribution is 2.29. The number of aryl methyl sites for hydroxylation is 1. The molecule has 0 aliphatic heterocycles. The summed E-state index contributed by atoms with van der Waals surface area (Å²) >= 11 is 1.71. The van der Waals surface area contributed by atoms with Crippen LogP contribution in [0.25, 0.3) is 0 Å². The summed E-state index contributed by atoms with van der Waals surface area (Å²) < 4.78 is 6.10. The zero-order valence-corrected chi connectivity index (χ0v) is 16.7. The number of nitrogens with zero attached hydrogens (tertiary/aromatic N) is 1. The minimum absolute atomic E-state index is 0.0177. The first-order valence-corrected chi connectivity index (χ1v) is 9.78. The van der Waals surface area contributed by atoms with Crippen LogP contribution in [0.1, 0.15) is 17.5 Å². The summed E-state index contributed by atoms with van der Waals surface area (Å²) in [4.78, 5) is 14.9. The molecule has 2 N–H and O–H groups in total. The molecule has 0 aliphatic rings. The Bertz CT molecular complexity index is 717. The summed E-state index contributed by atoms with van der Waals surface area (Å²) in [5, 5.41) is 0. The molecule has 0 saturated heterocycles. The Morgan fingerprint density at radius 3 is 2.50 bits per heavy atom. The zero-order valence-electron chi connectivity index (χ0n) is 15.8. The standard InChI is InChI=1S/C20H27N3O2S/c1-21-22-20(24)12-6-15-5-11-19(16(13-15)14-23(2)3)25-17-7-9-18(26-4)10-8-17/h5,7-11,13,21H,6,12,14H2,1-4H3,(H,22,24). The Morgan fingerprint density at radius 2 is 1.88 bits per heavy atom. The van der Waals surface area contributed by atoms with Crippen LogP contribution < -0.4 is 15.6 Å². The normalized spacial score (nSPS) is 10.8. The van der Waals surface area contributed by atoms with E-state index >= 15 is 0 Å². The van der Waals surface area contributed by atoms with Crippen LogP contribution >= 0.6 is 11.8 Å². The minimum atomic E-state index is -0.0177. The van der Waals surface area contributed by atoms with Gasteiger partial charge in [-0.2, -0.15) is 0 Å². The van der Waals surface area contributed by atoms with E-state index in [0.717, 1.165) is 29.2 Å². The van der Waals surface area contributed by atoms with E-state index in [9.17, 15) is 4.79 Å². The third kappa shape index (κ3) is 6.37. The average molecular weight is 374 g/mol. The highest BCUT2D eigenvalue weighted by Gasteiger charge is 2.09. The summed E-state index contributed by atoms with van der Waals surface area (Å²) in [7, 11) is 5.75. The van der Waals surface area contributed by atoms with E-state index in [0.29, 0.717) is 12.8 Å². The second-order valence-electron chi connectivity index (χ2n) is 6.26. The van der Waals surface area contributed by atoms with Crippen molar-refractivity contribution >= 4 is 17.7 Å². The largest absolute Gasteiger partial charge is 0.457 e. The molecule has 0 heterocycles. The molecule has 2 rings (SSSR count). The summed E-state index contributed by atoms with van der Waals surface area (Å²) in [6.07, 6.45) is 3.19. The number of rotatable bonds is 9. The van der Waals surface area contributed by atoms with Gasteiger partial charge in [-0.3, -0.25) is 10.2 Å². The molecule has 5 nitrogen and oxygen atoms in total. The maximum atomic E-state index is 11.6. The average Bonchev–Trinajstić information content (AvgIpc) is 2.62. The molecular weight excluding hydrogens is 346 g/mol. The van der Waals surface area contributed by atoms with Crippen molar-refractivity contribution in [2.75, 3.05) is 27.4 Å². The zero-order chi connectivity index (χ0) is 18.9. The Morgan fingerprint density at radius 1 is 1.15 bits per heavy atom. The van der Waals surface area contributed by atoms with Gasteiger partial charge in [0.25, 0.3) is 0 Å². The number of thioether (sulfide) groups is 1. The Kier molecular flexibility index (Phi) is 7.97. The fourth-order valence-electron chi connectivity index (χ4n) is 2.58. The first kappa shape index (κ1) is 20.3. The third-order valence-corrected chi connectivity index (χ3v) is 4.55. The van der Waals surface area contributed by atoms with Gasteiger partial charge in [-0.25, -0.2) is 5.43 Å². The van der Waals surface area contributed by atoms with Gasteiger partial charge in [-0.1, -0.05) is 12.1 Å². The van der Waals surface area contributed by atoms with Crippen LogP contribution in [0.15, 0.2) is 47.4 Å². The molecule has 0 fully saturated rings. The minimum Gasteiger partial charge on any atom is -0.457 e. The Balaban J connectivity index is 2.14. The van der Waals surface area contributed by atoms with Crippen LogP contribution in [-0.4, -0.2) is 38.2 Å². The summed E-state index contributed by atoms with van der Waals surface area (Å²) in [5.74, 6) is 1.65. The number of hydrazine groups is 1. The first-order valence-electron chi connectivity index (χ1n) is 8.56. The molecular formula is C20H27N3O2S. The summed E-state index contributed by atoms with van der Waals surface area (Å²) in [5.41, 5.74) is 7.48. The van der Waals surface area contributed by atoms with Crippen LogP contribution in [0.3, 0.4) is 0 Å². The molecule has 26 heavy (non-hydrogen) atoms. The van der Waals surface area contributed by atoms with Gasteiger partial charge in [0.15, 0.2) is 0 Å². The van der Waals surface area contributed by atoms with Crippen molar-refractivity contribution < 1.29 is 9.53 Å². The number of benzene rings is 2. The van der Waals surface area contributed by atoms with Crippen LogP contribution in [0.2, 0.25) is 0 Å². The van der Waals surface area contributed by atoms with Gasteiger partial charge in [-0.05, 0) is 62.7 Å². The monoisotopic (exact) mass is 373 g/mol. The predicted octanol–water partition coefficient (Wildman–Crippen LogP) is 3.45. The van der Waals surface area contributed by atoms with Crippen molar-refractivity contribution in [3.63, 3.8) is 0 Å². The lowest BCUT2D eigenvalue weighted by molar-refractivity contribution is -0.121. The lowest BCUT2D eigenvalue weighted by Crippen LogP contribution is -2.34. The molecule has 0 saturated carbocycles. The number of hydrogen-bond donors (Lipinski definition) is 2. The van der Waals surface area contributed by atoms with Gasteiger partial charge < -0.3 is 9.64 Å². The second-order valence-corrected chi connectivity index (χ2v) is 7.14. The van der Waals surface area contributed by atoms with Crippen LogP contribution in [-0.2, 0) is 17.8 Å². The number of hydrogen-bond acceptors (Lipinski definition) is 5. The van der Waals surface area contributed by atoms with Crippen molar-refractivity contribution in [3.05, 3.63) is 53.6 Å². The maximum Gasteiger partial charge on any atom is 0.234 e. The molecule has 0 atom stereocenters. The second kappa shape index (κ2) is 10.2. The number of amides is 1. The molecule has 6 heteroatoms. The lowest BCUT2D eigenvalue weighted by atomic mass is 10.0. The van der Waals surface area contributed by atoms with E-state index in [2.05, 4.69) is 40.2 Å². The van der Waals surface area contributed by atoms with E-state index in [1.54, 1.807) is 18.8 Å². The molecule has 0 aliphatic carbocycles. The van der Waals surface area contributed by atoms with Crippen molar-refractivity contribution in [2.45, 2.75) is 24.3 Å². The summed E-state index contributed by atoms with van der Waals surface area (Å²) in [6.45, 7) is 0.773. The van der Waals surface area contributed by atoms with Gasteiger partial charge in [-0.15, -0.1) is 11.8 Å². The van der Waals surface area contributed by atoms with Crippen molar-refractivity contribution in [1.29, 1.82) is 0 Å². The quantitative estimate of drug-likeness (QED) is 0.521. The fourth-order valence-corrected chi connectivity index (χ4v) is 2.99. The summed E-state index contributed by atoms with van der Waals surface area (Å²) in [6, 6.07) is 14.2. The molecule has 0 unspecified atom stereocenters. The number of nitrogens with one attached hydrogen (secondary N) is 2. The SMILES string of the molecule is CNNC(=O)CCc1ccc(Oc2ccc(SC)cc2)c(CN(C)C)c1. The molecule has 1 amide bonds. The Hall–Kier alpha value is -2.02. The fraction of sp³-hybridized carbons (Fsp3) is 0.350. The lowest BCUT2D eigenvalue weighted by Gasteiger charge is -2.16. The molecule has 140 valence electrons. The number of carbonyl (C=O) groups is 1. The third-order valence-electron chi connectivity index (χ3n) is 3.80. The van der Waals surface area contributed by atoms with E-state index < -0.39 is 0 Å². The van der Waals surface area contributed by atoms with Crippen molar-refractivity contribution in [1.82, 2.24) is 15.8 Å². The maximum absolute atomic E-state index is 11.6. The molecule has 2 aromatic rings. The molecule has 0 spiro atoms. The van der Waals surface area contributed by atoms with E-state index in [-0.39, 0.29) is 5.91 Å². The van der Waals surface area contributed by atoms with Gasteiger partial charge in [0, 0.05) is 30.5 Å². The van der Waals surface area contributed by atoms with Crippen LogP contribution in [0.4, 0.5) is 0 Å². The highest BCUT2D eigenvalue weighted by atomic mass is 32.2. The van der Waals surface area contributed by atoms with Crippen molar-refractivity contribution in [3.8, 4) is 11.5 Å². The first-order chi connectivity index (χ1) is 12.5. The topological polar surface area (TPSA) is 53.6 Å². The van der Waals surface area contributed by atoms with E-state index in [4.69, 9.17) is 4.74 Å². The van der Waals surface area contributed by atoms with E-state index in [1.807, 2.05) is 38.4 Å². The van der Waals surface area contributed by atoms with Gasteiger partial charge >= 0.3 is 0 Å².